The van der Waals surface area contributed by atoms with Crippen LogP contribution in [0.4, 0.5) is 0 Å². The van der Waals surface area contributed by atoms with E-state index in [1.54, 1.807) is 11.3 Å². The summed E-state index contributed by atoms with van der Waals surface area (Å²) in [4.78, 5) is 9.68. The van der Waals surface area contributed by atoms with Gasteiger partial charge in [-0.1, -0.05) is 6.07 Å². The van der Waals surface area contributed by atoms with Crippen molar-refractivity contribution in [2.75, 3.05) is 19.6 Å². The summed E-state index contributed by atoms with van der Waals surface area (Å²) in [5, 5.41) is 6.73. The van der Waals surface area contributed by atoms with Crippen LogP contribution in [0.1, 0.15) is 11.8 Å². The number of hydrogen-bond donors (Lipinski definition) is 1. The number of hydrogen-bond acceptors (Lipinski definition) is 5. The Balaban J connectivity index is 0.00000133. The van der Waals surface area contributed by atoms with Crippen LogP contribution in [0.25, 0.3) is 9.88 Å². The predicted octanol–water partition coefficient (Wildman–Crippen LogP) is 3.09. The topological polar surface area (TPSA) is 28.2 Å². The van der Waals surface area contributed by atoms with Gasteiger partial charge in [0.05, 0.1) is 4.88 Å². The average Bonchev–Trinajstić information content (AvgIpc) is 2.98. The van der Waals surface area contributed by atoms with E-state index in [1.807, 2.05) is 17.5 Å². The molecule has 2 aromatic rings. The molecule has 0 spiro atoms. The molecule has 0 bridgehead atoms. The van der Waals surface area contributed by atoms with E-state index in [4.69, 9.17) is 0 Å². The number of piperazine rings is 1. The Hall–Kier alpha value is -0.460. The van der Waals surface area contributed by atoms with Gasteiger partial charge in [-0.2, -0.15) is 0 Å². The van der Waals surface area contributed by atoms with Crippen molar-refractivity contribution in [1.82, 2.24) is 15.2 Å². The van der Waals surface area contributed by atoms with Gasteiger partial charge in [0.15, 0.2) is 0 Å². The molecule has 1 fully saturated rings. The summed E-state index contributed by atoms with van der Waals surface area (Å²) in [6, 6.07) is 4.82. The van der Waals surface area contributed by atoms with Gasteiger partial charge in [0, 0.05) is 43.3 Å². The fraction of sp³-hybridized carbons (Fsp3) is 0.462. The number of halogens is 1. The number of thiophene rings is 1. The number of nitrogens with one attached hydrogen (secondary N) is 1. The molecule has 1 aliphatic rings. The first-order chi connectivity index (χ1) is 8.81. The Labute approximate surface area is 128 Å². The lowest BCUT2D eigenvalue weighted by molar-refractivity contribution is 0.201. The van der Waals surface area contributed by atoms with Crippen molar-refractivity contribution in [2.45, 2.75) is 19.5 Å². The van der Waals surface area contributed by atoms with Crippen LogP contribution in [0.3, 0.4) is 0 Å². The fourth-order valence-corrected chi connectivity index (χ4v) is 4.03. The van der Waals surface area contributed by atoms with E-state index in [1.165, 1.54) is 9.75 Å². The van der Waals surface area contributed by atoms with E-state index in [9.17, 15) is 0 Å². The van der Waals surface area contributed by atoms with E-state index in [2.05, 4.69) is 39.6 Å². The maximum Gasteiger partial charge on any atom is 0.133 e. The van der Waals surface area contributed by atoms with Crippen molar-refractivity contribution in [3.05, 3.63) is 28.6 Å². The van der Waals surface area contributed by atoms with Crippen LogP contribution >= 0.6 is 35.1 Å². The maximum absolute atomic E-state index is 4.53. The van der Waals surface area contributed by atoms with E-state index in [0.717, 1.165) is 31.2 Å². The quantitative estimate of drug-likeness (QED) is 0.943. The highest BCUT2D eigenvalue weighted by atomic mass is 35.5. The van der Waals surface area contributed by atoms with E-state index >= 15 is 0 Å². The molecule has 0 aliphatic carbocycles. The predicted molar refractivity (Wildman–Crippen MR) is 85.4 cm³/mol. The van der Waals surface area contributed by atoms with Crippen LogP contribution in [-0.2, 0) is 6.54 Å². The smallest absolute Gasteiger partial charge is 0.133 e. The Bertz CT molecular complexity index is 498. The van der Waals surface area contributed by atoms with Crippen molar-refractivity contribution < 1.29 is 0 Å². The normalized spacial score (nSPS) is 20.2. The molecule has 0 aromatic carbocycles. The Morgan fingerprint density at radius 1 is 1.53 bits per heavy atom. The molecule has 3 nitrogen and oxygen atoms in total. The van der Waals surface area contributed by atoms with Crippen molar-refractivity contribution in [3.8, 4) is 9.88 Å². The van der Waals surface area contributed by atoms with Crippen molar-refractivity contribution in [1.29, 1.82) is 0 Å². The van der Waals surface area contributed by atoms with Crippen LogP contribution in [0, 0.1) is 0 Å². The molecular formula is C13H18ClN3S2. The molecule has 0 amide bonds. The van der Waals surface area contributed by atoms with Crippen molar-refractivity contribution in [3.63, 3.8) is 0 Å². The molecule has 1 aliphatic heterocycles. The van der Waals surface area contributed by atoms with Crippen LogP contribution in [0.5, 0.6) is 0 Å². The number of nitrogens with zero attached hydrogens (tertiary/aromatic N) is 2. The second-order valence-corrected chi connectivity index (χ2v) is 6.76. The van der Waals surface area contributed by atoms with Gasteiger partial charge in [0.1, 0.15) is 5.01 Å². The standard InChI is InChI=1S/C13H17N3S2.ClH/c1-10-8-16(5-4-14-10)9-11-7-15-13(18-11)12-3-2-6-17-12;/h2-3,6-7,10,14H,4-5,8-9H2,1H3;1H. The SMILES string of the molecule is CC1CN(Cc2cnc(-c3cccs3)s2)CCN1.Cl. The van der Waals surface area contributed by atoms with Crippen molar-refractivity contribution >= 4 is 35.1 Å². The van der Waals surface area contributed by atoms with Gasteiger partial charge in [-0.05, 0) is 18.4 Å². The first-order valence-corrected chi connectivity index (χ1v) is 7.95. The highest BCUT2D eigenvalue weighted by molar-refractivity contribution is 7.20. The summed E-state index contributed by atoms with van der Waals surface area (Å²) in [5.41, 5.74) is 0. The fourth-order valence-electron chi connectivity index (χ4n) is 2.27. The van der Waals surface area contributed by atoms with Gasteiger partial charge in [-0.15, -0.1) is 35.1 Å². The van der Waals surface area contributed by atoms with Gasteiger partial charge >= 0.3 is 0 Å². The number of rotatable bonds is 3. The summed E-state index contributed by atoms with van der Waals surface area (Å²) >= 11 is 3.58. The zero-order valence-electron chi connectivity index (χ0n) is 10.8. The largest absolute Gasteiger partial charge is 0.312 e. The lowest BCUT2D eigenvalue weighted by atomic mass is 10.2. The van der Waals surface area contributed by atoms with Crippen LogP contribution in [0.15, 0.2) is 23.7 Å². The molecule has 104 valence electrons. The number of aromatic nitrogens is 1. The lowest BCUT2D eigenvalue weighted by Crippen LogP contribution is -2.48. The monoisotopic (exact) mass is 315 g/mol. The molecule has 1 atom stereocenters. The van der Waals surface area contributed by atoms with Crippen LogP contribution in [-0.4, -0.2) is 35.6 Å². The first-order valence-electron chi connectivity index (χ1n) is 6.25. The summed E-state index contributed by atoms with van der Waals surface area (Å²) in [7, 11) is 0. The Kier molecular flexibility index (Phi) is 5.36. The van der Waals surface area contributed by atoms with Gasteiger partial charge in [0.25, 0.3) is 0 Å². The third-order valence-electron chi connectivity index (χ3n) is 3.12. The summed E-state index contributed by atoms with van der Waals surface area (Å²) < 4.78 is 0. The molecule has 3 heterocycles. The first kappa shape index (κ1) is 14.9. The highest BCUT2D eigenvalue weighted by Crippen LogP contribution is 2.29. The molecule has 6 heteroatoms. The highest BCUT2D eigenvalue weighted by Gasteiger charge is 2.16. The van der Waals surface area contributed by atoms with Gasteiger partial charge in [-0.25, -0.2) is 4.98 Å². The molecule has 2 aromatic heterocycles. The minimum absolute atomic E-state index is 0. The Morgan fingerprint density at radius 2 is 2.42 bits per heavy atom. The summed E-state index contributed by atoms with van der Waals surface area (Å²) in [6.45, 7) is 6.64. The third-order valence-corrected chi connectivity index (χ3v) is 5.14. The second kappa shape index (κ2) is 6.81. The molecule has 1 N–H and O–H groups in total. The molecule has 1 unspecified atom stereocenters. The minimum Gasteiger partial charge on any atom is -0.312 e. The molecule has 1 saturated heterocycles. The zero-order valence-corrected chi connectivity index (χ0v) is 13.3. The number of thiazole rings is 1. The minimum atomic E-state index is 0. The van der Waals surface area contributed by atoms with Crippen molar-refractivity contribution in [2.24, 2.45) is 0 Å². The van der Waals surface area contributed by atoms with Crippen LogP contribution in [0.2, 0.25) is 0 Å². The molecular weight excluding hydrogens is 298 g/mol. The van der Waals surface area contributed by atoms with Gasteiger partial charge in [-0.3, -0.25) is 4.90 Å². The lowest BCUT2D eigenvalue weighted by Gasteiger charge is -2.31. The third kappa shape index (κ3) is 3.77. The van der Waals surface area contributed by atoms with E-state index < -0.39 is 0 Å². The molecule has 3 rings (SSSR count). The van der Waals surface area contributed by atoms with Crippen LogP contribution < -0.4 is 5.32 Å². The molecule has 0 radical (unpaired) electrons. The summed E-state index contributed by atoms with van der Waals surface area (Å²) in [6.07, 6.45) is 2.03. The van der Waals surface area contributed by atoms with Gasteiger partial charge < -0.3 is 5.32 Å². The van der Waals surface area contributed by atoms with E-state index in [-0.39, 0.29) is 12.4 Å². The molecule has 0 saturated carbocycles. The average molecular weight is 316 g/mol. The molecule has 19 heavy (non-hydrogen) atoms. The zero-order chi connectivity index (χ0) is 12.4. The summed E-state index contributed by atoms with van der Waals surface area (Å²) in [5.74, 6) is 0. The maximum atomic E-state index is 4.53. The van der Waals surface area contributed by atoms with E-state index in [0.29, 0.717) is 6.04 Å². The van der Waals surface area contributed by atoms with Gasteiger partial charge in [0.2, 0.25) is 0 Å². The second-order valence-electron chi connectivity index (χ2n) is 4.70. The Morgan fingerprint density at radius 3 is 3.16 bits per heavy atom.